The van der Waals surface area contributed by atoms with E-state index in [1.54, 1.807) is 0 Å². The van der Waals surface area contributed by atoms with Crippen molar-refractivity contribution in [3.05, 3.63) is 0 Å². The van der Waals surface area contributed by atoms with E-state index in [9.17, 15) is 4.79 Å². The maximum absolute atomic E-state index is 11.3. The SMILES string of the molecule is CCCCCCCCCCCCCCCCCCOCC(COCCCN(C)C)OC(C)=O. The summed E-state index contributed by atoms with van der Waals surface area (Å²) in [6, 6.07) is 0. The second-order valence-corrected chi connectivity index (χ2v) is 9.84. The quantitative estimate of drug-likeness (QED) is 0.0989. The Morgan fingerprint density at radius 2 is 1.03 bits per heavy atom. The number of carbonyl (C=O) groups is 1. The van der Waals surface area contributed by atoms with E-state index in [2.05, 4.69) is 11.8 Å². The van der Waals surface area contributed by atoms with Gasteiger partial charge in [-0.1, -0.05) is 103 Å². The van der Waals surface area contributed by atoms with Gasteiger partial charge in [-0.05, 0) is 33.5 Å². The number of esters is 1. The molecule has 0 aromatic carbocycles. The molecule has 33 heavy (non-hydrogen) atoms. The van der Waals surface area contributed by atoms with Gasteiger partial charge < -0.3 is 19.1 Å². The van der Waals surface area contributed by atoms with Crippen molar-refractivity contribution in [2.24, 2.45) is 0 Å². The number of hydrogen-bond acceptors (Lipinski definition) is 5. The zero-order valence-electron chi connectivity index (χ0n) is 22.7. The number of ether oxygens (including phenoxy) is 3. The largest absolute Gasteiger partial charge is 0.458 e. The Bertz CT molecular complexity index is 403. The molecule has 0 amide bonds. The number of carbonyl (C=O) groups excluding carboxylic acids is 1. The van der Waals surface area contributed by atoms with Crippen LogP contribution in [0.3, 0.4) is 0 Å². The molecule has 5 nitrogen and oxygen atoms in total. The van der Waals surface area contributed by atoms with Crippen LogP contribution < -0.4 is 0 Å². The Kier molecular flexibility index (Phi) is 25.5. The standard InChI is InChI=1S/C28H57NO4/c1-5-6-7-8-9-10-11-12-13-14-15-16-17-18-19-20-23-31-25-28(33-27(2)30)26-32-24-21-22-29(3)4/h28H,5-26H2,1-4H3. The lowest BCUT2D eigenvalue weighted by atomic mass is 10.0. The van der Waals surface area contributed by atoms with Gasteiger partial charge in [-0.25, -0.2) is 0 Å². The van der Waals surface area contributed by atoms with Crippen LogP contribution in [0.1, 0.15) is 123 Å². The molecule has 5 heteroatoms. The number of nitrogens with zero attached hydrogens (tertiary/aromatic N) is 1. The van der Waals surface area contributed by atoms with Gasteiger partial charge in [-0.2, -0.15) is 0 Å². The summed E-state index contributed by atoms with van der Waals surface area (Å²) in [6.45, 7) is 6.96. The molecule has 0 fully saturated rings. The van der Waals surface area contributed by atoms with E-state index >= 15 is 0 Å². The molecule has 0 bridgehead atoms. The molecule has 0 radical (unpaired) electrons. The molecule has 0 rings (SSSR count). The van der Waals surface area contributed by atoms with Crippen molar-refractivity contribution < 1.29 is 19.0 Å². The lowest BCUT2D eigenvalue weighted by Gasteiger charge is -2.18. The predicted molar refractivity (Wildman–Crippen MR) is 140 cm³/mol. The summed E-state index contributed by atoms with van der Waals surface area (Å²) in [6.07, 6.45) is 22.6. The van der Waals surface area contributed by atoms with Crippen LogP contribution in [0.25, 0.3) is 0 Å². The Hall–Kier alpha value is -0.650. The highest BCUT2D eigenvalue weighted by atomic mass is 16.6. The third kappa shape index (κ3) is 27.5. The smallest absolute Gasteiger partial charge is 0.303 e. The zero-order valence-corrected chi connectivity index (χ0v) is 22.7. The molecular formula is C28H57NO4. The van der Waals surface area contributed by atoms with Crippen molar-refractivity contribution in [1.29, 1.82) is 0 Å². The van der Waals surface area contributed by atoms with Crippen molar-refractivity contribution in [2.75, 3.05) is 47.1 Å². The monoisotopic (exact) mass is 471 g/mol. The molecule has 0 saturated carbocycles. The molecule has 0 heterocycles. The van der Waals surface area contributed by atoms with Crippen molar-refractivity contribution in [3.63, 3.8) is 0 Å². The average Bonchev–Trinajstić information content (AvgIpc) is 2.77. The van der Waals surface area contributed by atoms with E-state index in [1.807, 2.05) is 14.1 Å². The maximum atomic E-state index is 11.3. The van der Waals surface area contributed by atoms with E-state index in [1.165, 1.54) is 103 Å². The Balaban J connectivity index is 3.41. The van der Waals surface area contributed by atoms with Gasteiger partial charge in [-0.3, -0.25) is 4.79 Å². The molecular weight excluding hydrogens is 414 g/mol. The van der Waals surface area contributed by atoms with Crippen LogP contribution >= 0.6 is 0 Å². The average molecular weight is 472 g/mol. The molecule has 0 saturated heterocycles. The van der Waals surface area contributed by atoms with Gasteiger partial charge in [-0.15, -0.1) is 0 Å². The van der Waals surface area contributed by atoms with Crippen molar-refractivity contribution >= 4 is 5.97 Å². The van der Waals surface area contributed by atoms with Crippen LogP contribution in [0.4, 0.5) is 0 Å². The second-order valence-electron chi connectivity index (χ2n) is 9.84. The van der Waals surface area contributed by atoms with Crippen LogP contribution in [-0.4, -0.2) is 64.0 Å². The number of unbranched alkanes of at least 4 members (excludes halogenated alkanes) is 15. The first kappa shape index (κ1) is 32.4. The van der Waals surface area contributed by atoms with Gasteiger partial charge in [0.1, 0.15) is 6.10 Å². The number of hydrogen-bond donors (Lipinski definition) is 0. The van der Waals surface area contributed by atoms with Crippen molar-refractivity contribution in [2.45, 2.75) is 129 Å². The van der Waals surface area contributed by atoms with Crippen molar-refractivity contribution in [3.8, 4) is 0 Å². The van der Waals surface area contributed by atoms with Crippen LogP contribution in [0, 0.1) is 0 Å². The Labute approximate surface area is 206 Å². The topological polar surface area (TPSA) is 48.0 Å². The summed E-state index contributed by atoms with van der Waals surface area (Å²) in [5.74, 6) is -0.275. The molecule has 0 aliphatic heterocycles. The highest BCUT2D eigenvalue weighted by Gasteiger charge is 2.12. The lowest BCUT2D eigenvalue weighted by Crippen LogP contribution is -2.28. The summed E-state index contributed by atoms with van der Waals surface area (Å²) < 4.78 is 16.7. The first-order chi connectivity index (χ1) is 16.1. The molecule has 0 spiro atoms. The van der Waals surface area contributed by atoms with E-state index in [4.69, 9.17) is 14.2 Å². The lowest BCUT2D eigenvalue weighted by molar-refractivity contribution is -0.153. The van der Waals surface area contributed by atoms with Gasteiger partial charge in [0.25, 0.3) is 0 Å². The van der Waals surface area contributed by atoms with Gasteiger partial charge in [0, 0.05) is 20.1 Å². The van der Waals surface area contributed by atoms with Gasteiger partial charge >= 0.3 is 5.97 Å². The van der Waals surface area contributed by atoms with Crippen LogP contribution in [-0.2, 0) is 19.0 Å². The second kappa shape index (κ2) is 26.0. The highest BCUT2D eigenvalue weighted by molar-refractivity contribution is 5.66. The molecule has 0 aromatic heterocycles. The van der Waals surface area contributed by atoms with E-state index < -0.39 is 0 Å². The summed E-state index contributed by atoms with van der Waals surface area (Å²) in [5, 5.41) is 0. The molecule has 0 aliphatic rings. The normalized spacial score (nSPS) is 12.4. The first-order valence-electron chi connectivity index (χ1n) is 14.0. The zero-order chi connectivity index (χ0) is 24.4. The Morgan fingerprint density at radius 1 is 0.636 bits per heavy atom. The van der Waals surface area contributed by atoms with Crippen molar-refractivity contribution in [1.82, 2.24) is 4.90 Å². The van der Waals surface area contributed by atoms with Gasteiger partial charge in [0.05, 0.1) is 13.2 Å². The fourth-order valence-electron chi connectivity index (χ4n) is 4.02. The Morgan fingerprint density at radius 3 is 1.42 bits per heavy atom. The summed E-state index contributed by atoms with van der Waals surface area (Å²) >= 11 is 0. The molecule has 198 valence electrons. The molecule has 0 aliphatic carbocycles. The number of rotatable bonds is 26. The highest BCUT2D eigenvalue weighted by Crippen LogP contribution is 2.13. The minimum atomic E-state index is -0.303. The van der Waals surface area contributed by atoms with Gasteiger partial charge in [0.2, 0.25) is 0 Å². The van der Waals surface area contributed by atoms with Crippen LogP contribution in [0.2, 0.25) is 0 Å². The minimum Gasteiger partial charge on any atom is -0.458 e. The predicted octanol–water partition coefficient (Wildman–Crippen LogP) is 7.16. The van der Waals surface area contributed by atoms with E-state index in [-0.39, 0.29) is 12.1 Å². The van der Waals surface area contributed by atoms with E-state index in [0.717, 1.165) is 26.0 Å². The summed E-state index contributed by atoms with van der Waals surface area (Å²) in [5.41, 5.74) is 0. The summed E-state index contributed by atoms with van der Waals surface area (Å²) in [7, 11) is 4.10. The third-order valence-electron chi connectivity index (χ3n) is 5.98. The van der Waals surface area contributed by atoms with Crippen LogP contribution in [0.15, 0.2) is 0 Å². The minimum absolute atomic E-state index is 0.275. The first-order valence-corrected chi connectivity index (χ1v) is 14.0. The molecule has 0 N–H and O–H groups in total. The summed E-state index contributed by atoms with van der Waals surface area (Å²) in [4.78, 5) is 13.4. The fraction of sp³-hybridized carbons (Fsp3) is 0.964. The van der Waals surface area contributed by atoms with Crippen LogP contribution in [0.5, 0.6) is 0 Å². The van der Waals surface area contributed by atoms with Gasteiger partial charge in [0.15, 0.2) is 0 Å². The third-order valence-corrected chi connectivity index (χ3v) is 5.98. The maximum Gasteiger partial charge on any atom is 0.303 e. The van der Waals surface area contributed by atoms with E-state index in [0.29, 0.717) is 19.8 Å². The molecule has 0 aromatic rings. The molecule has 1 unspecified atom stereocenters. The fourth-order valence-corrected chi connectivity index (χ4v) is 4.02. The molecule has 1 atom stereocenters.